The second-order valence-electron chi connectivity index (χ2n) is 3.67. The number of carbonyl (C=O) groups is 1. The topological polar surface area (TPSA) is 55.6 Å². The maximum atomic E-state index is 11.5. The highest BCUT2D eigenvalue weighted by Crippen LogP contribution is 2.28. The van der Waals surface area contributed by atoms with Crippen LogP contribution in [0.25, 0.3) is 0 Å². The summed E-state index contributed by atoms with van der Waals surface area (Å²) in [5.41, 5.74) is 6.50. The van der Waals surface area contributed by atoms with Crippen LogP contribution in [0.3, 0.4) is 0 Å². The monoisotopic (exact) mass is 206 g/mol. The summed E-state index contributed by atoms with van der Waals surface area (Å²) in [6.45, 7) is 1.94. The van der Waals surface area contributed by atoms with Gasteiger partial charge in [0.2, 0.25) is 5.91 Å². The van der Waals surface area contributed by atoms with Gasteiger partial charge in [0.25, 0.3) is 0 Å². The summed E-state index contributed by atoms with van der Waals surface area (Å²) in [4.78, 5) is 13.2. The van der Waals surface area contributed by atoms with Gasteiger partial charge in [-0.25, -0.2) is 0 Å². The molecular weight excluding hydrogens is 192 g/mol. The lowest BCUT2D eigenvalue weighted by Crippen LogP contribution is -2.67. The van der Waals surface area contributed by atoms with Crippen LogP contribution < -0.4 is 15.4 Å². The fourth-order valence-electron chi connectivity index (χ4n) is 1.75. The van der Waals surface area contributed by atoms with Crippen molar-refractivity contribution in [3.63, 3.8) is 0 Å². The number of amides is 1. The third-order valence-electron chi connectivity index (χ3n) is 2.80. The van der Waals surface area contributed by atoms with Gasteiger partial charge in [-0.05, 0) is 31.2 Å². The van der Waals surface area contributed by atoms with Crippen molar-refractivity contribution in [2.45, 2.75) is 19.0 Å². The number of ether oxygens (including phenoxy) is 1. The van der Waals surface area contributed by atoms with Crippen LogP contribution >= 0.6 is 0 Å². The van der Waals surface area contributed by atoms with Crippen LogP contribution in [0.2, 0.25) is 0 Å². The van der Waals surface area contributed by atoms with Crippen molar-refractivity contribution in [1.29, 1.82) is 0 Å². The maximum Gasteiger partial charge on any atom is 0.246 e. The lowest BCUT2D eigenvalue weighted by Gasteiger charge is -2.43. The van der Waals surface area contributed by atoms with Crippen molar-refractivity contribution in [1.82, 2.24) is 0 Å². The molecule has 15 heavy (non-hydrogen) atoms. The molecule has 0 radical (unpaired) electrons. The zero-order chi connectivity index (χ0) is 11.0. The Kier molecular flexibility index (Phi) is 2.36. The Morgan fingerprint density at radius 2 is 1.93 bits per heavy atom. The van der Waals surface area contributed by atoms with E-state index < -0.39 is 0 Å². The predicted octanol–water partition coefficient (Wildman–Crippen LogP) is 0.758. The summed E-state index contributed by atoms with van der Waals surface area (Å²) in [6, 6.07) is 7.11. The van der Waals surface area contributed by atoms with Crippen LogP contribution in [0, 0.1) is 0 Å². The van der Waals surface area contributed by atoms with Crippen LogP contribution in [-0.2, 0) is 4.79 Å². The molecule has 0 spiro atoms. The standard InChI is InChI=1S/C11H14N2O2/c1-7-10(12)11(14)13(7)8-3-5-9(15-2)6-4-8/h3-7,10H,12H2,1-2H3/t7-,10-/m1/s1. The van der Waals surface area contributed by atoms with Crippen LogP contribution in [0.5, 0.6) is 5.75 Å². The van der Waals surface area contributed by atoms with Crippen molar-refractivity contribution >= 4 is 11.6 Å². The Labute approximate surface area is 88.6 Å². The predicted molar refractivity (Wildman–Crippen MR) is 57.9 cm³/mol. The number of nitrogens with zero attached hydrogens (tertiary/aromatic N) is 1. The summed E-state index contributed by atoms with van der Waals surface area (Å²) in [6.07, 6.45) is 0. The van der Waals surface area contributed by atoms with Gasteiger partial charge in [0.1, 0.15) is 11.8 Å². The lowest BCUT2D eigenvalue weighted by atomic mass is 9.97. The highest BCUT2D eigenvalue weighted by molar-refractivity contribution is 6.05. The number of methoxy groups -OCH3 is 1. The van der Waals surface area contributed by atoms with E-state index in [0.717, 1.165) is 11.4 Å². The molecule has 4 heteroatoms. The van der Waals surface area contributed by atoms with E-state index in [9.17, 15) is 4.79 Å². The number of nitrogens with two attached hydrogens (primary N) is 1. The summed E-state index contributed by atoms with van der Waals surface area (Å²) in [5, 5.41) is 0. The minimum absolute atomic E-state index is 0.0207. The van der Waals surface area contributed by atoms with E-state index in [4.69, 9.17) is 10.5 Å². The van der Waals surface area contributed by atoms with Gasteiger partial charge in [-0.3, -0.25) is 4.79 Å². The smallest absolute Gasteiger partial charge is 0.246 e. The number of anilines is 1. The largest absolute Gasteiger partial charge is 0.497 e. The quantitative estimate of drug-likeness (QED) is 0.727. The normalized spacial score (nSPS) is 25.0. The van der Waals surface area contributed by atoms with E-state index in [2.05, 4.69) is 0 Å². The zero-order valence-electron chi connectivity index (χ0n) is 8.81. The van der Waals surface area contributed by atoms with Crippen LogP contribution in [-0.4, -0.2) is 25.1 Å². The molecule has 2 rings (SSSR count). The molecule has 4 nitrogen and oxygen atoms in total. The summed E-state index contributed by atoms with van der Waals surface area (Å²) in [5.74, 6) is 0.761. The van der Waals surface area contributed by atoms with Crippen molar-refractivity contribution < 1.29 is 9.53 Å². The molecule has 0 saturated carbocycles. The maximum absolute atomic E-state index is 11.5. The van der Waals surface area contributed by atoms with Gasteiger partial charge in [0, 0.05) is 5.69 Å². The van der Waals surface area contributed by atoms with Gasteiger partial charge in [-0.1, -0.05) is 0 Å². The Hall–Kier alpha value is -1.55. The van der Waals surface area contributed by atoms with Crippen molar-refractivity contribution in [3.05, 3.63) is 24.3 Å². The van der Waals surface area contributed by atoms with E-state index >= 15 is 0 Å². The molecule has 1 amide bonds. The summed E-state index contributed by atoms with van der Waals surface area (Å²) >= 11 is 0. The Morgan fingerprint density at radius 1 is 1.33 bits per heavy atom. The lowest BCUT2D eigenvalue weighted by molar-refractivity contribution is -0.125. The summed E-state index contributed by atoms with van der Waals surface area (Å²) < 4.78 is 5.05. The highest BCUT2D eigenvalue weighted by atomic mass is 16.5. The van der Waals surface area contributed by atoms with Gasteiger partial charge in [-0.15, -0.1) is 0 Å². The SMILES string of the molecule is COc1ccc(N2C(=O)[C@H](N)[C@H]2C)cc1. The van der Waals surface area contributed by atoms with Crippen molar-refractivity contribution in [3.8, 4) is 5.75 Å². The Balaban J connectivity index is 2.20. The summed E-state index contributed by atoms with van der Waals surface area (Å²) in [7, 11) is 1.61. The zero-order valence-corrected chi connectivity index (χ0v) is 8.81. The second-order valence-corrected chi connectivity index (χ2v) is 3.67. The van der Waals surface area contributed by atoms with Gasteiger partial charge in [0.05, 0.1) is 13.2 Å². The van der Waals surface area contributed by atoms with E-state index in [-0.39, 0.29) is 18.0 Å². The second kappa shape index (κ2) is 3.55. The number of hydrogen-bond acceptors (Lipinski definition) is 3. The minimum Gasteiger partial charge on any atom is -0.497 e. The number of benzene rings is 1. The minimum atomic E-state index is -0.355. The third-order valence-corrected chi connectivity index (χ3v) is 2.80. The fourth-order valence-corrected chi connectivity index (χ4v) is 1.75. The molecule has 80 valence electrons. The first-order chi connectivity index (χ1) is 7.15. The average Bonchev–Trinajstić information content (AvgIpc) is 2.30. The molecule has 0 unspecified atom stereocenters. The van der Waals surface area contributed by atoms with Gasteiger partial charge < -0.3 is 15.4 Å². The molecule has 0 bridgehead atoms. The molecule has 0 aromatic heterocycles. The van der Waals surface area contributed by atoms with Crippen LogP contribution in [0.1, 0.15) is 6.92 Å². The first-order valence-electron chi connectivity index (χ1n) is 4.88. The van der Waals surface area contributed by atoms with E-state index in [0.29, 0.717) is 0 Å². The average molecular weight is 206 g/mol. The fraction of sp³-hybridized carbons (Fsp3) is 0.364. The Morgan fingerprint density at radius 3 is 2.40 bits per heavy atom. The molecule has 1 aliphatic rings. The van der Waals surface area contributed by atoms with E-state index in [1.54, 1.807) is 12.0 Å². The molecular formula is C11H14N2O2. The molecule has 1 heterocycles. The third kappa shape index (κ3) is 1.47. The molecule has 2 N–H and O–H groups in total. The van der Waals surface area contributed by atoms with Gasteiger partial charge >= 0.3 is 0 Å². The number of carbonyl (C=O) groups excluding carboxylic acids is 1. The van der Waals surface area contributed by atoms with Crippen LogP contribution in [0.4, 0.5) is 5.69 Å². The van der Waals surface area contributed by atoms with E-state index in [1.165, 1.54) is 0 Å². The Bertz CT molecular complexity index is 375. The number of rotatable bonds is 2. The first-order valence-corrected chi connectivity index (χ1v) is 4.88. The van der Waals surface area contributed by atoms with E-state index in [1.807, 2.05) is 31.2 Å². The van der Waals surface area contributed by atoms with Gasteiger partial charge in [-0.2, -0.15) is 0 Å². The molecule has 2 atom stereocenters. The molecule has 0 aliphatic carbocycles. The van der Waals surface area contributed by atoms with Crippen LogP contribution in [0.15, 0.2) is 24.3 Å². The molecule has 1 saturated heterocycles. The molecule has 1 aromatic rings. The van der Waals surface area contributed by atoms with Crippen molar-refractivity contribution in [2.75, 3.05) is 12.0 Å². The molecule has 1 fully saturated rings. The highest BCUT2D eigenvalue weighted by Gasteiger charge is 2.42. The first kappa shape index (κ1) is 9.98. The number of β-lactam (4-membered cyclic amide) rings is 1. The molecule has 1 aliphatic heterocycles. The van der Waals surface area contributed by atoms with Crippen molar-refractivity contribution in [2.24, 2.45) is 5.73 Å². The molecule has 1 aromatic carbocycles. The van der Waals surface area contributed by atoms with Gasteiger partial charge in [0.15, 0.2) is 0 Å². The number of hydrogen-bond donors (Lipinski definition) is 1.